The second-order valence-corrected chi connectivity index (χ2v) is 4.66. The van der Waals surface area contributed by atoms with E-state index < -0.39 is 0 Å². The van der Waals surface area contributed by atoms with E-state index in [1.54, 1.807) is 3.57 Å². The molecule has 0 bridgehead atoms. The average Bonchev–Trinajstić information content (AvgIpc) is 2.33. The van der Waals surface area contributed by atoms with Gasteiger partial charge in [-0.2, -0.15) is 0 Å². The van der Waals surface area contributed by atoms with E-state index in [0.717, 1.165) is 0 Å². The molecule has 1 aromatic rings. The van der Waals surface area contributed by atoms with Crippen LogP contribution in [-0.2, 0) is 0 Å². The molecule has 1 aliphatic rings. The Morgan fingerprint density at radius 2 is 2.00 bits per heavy atom. The summed E-state index contributed by atoms with van der Waals surface area (Å²) in [5.41, 5.74) is 1.44. The molecule has 1 aromatic carbocycles. The summed E-state index contributed by atoms with van der Waals surface area (Å²) >= 11 is 0.0821. The number of halogens is 1. The fourth-order valence-electron chi connectivity index (χ4n) is 0.906. The van der Waals surface area contributed by atoms with Gasteiger partial charge in [-0.3, -0.25) is 0 Å². The van der Waals surface area contributed by atoms with Gasteiger partial charge in [0.25, 0.3) is 0 Å². The zero-order valence-corrected chi connectivity index (χ0v) is 7.20. The molecule has 0 aliphatic carbocycles. The molecule has 0 saturated carbocycles. The summed E-state index contributed by atoms with van der Waals surface area (Å²) in [6.45, 7) is 0. The van der Waals surface area contributed by atoms with Crippen molar-refractivity contribution in [1.29, 1.82) is 0 Å². The Kier molecular flexibility index (Phi) is 1.30. The van der Waals surface area contributed by atoms with Gasteiger partial charge < -0.3 is 0 Å². The molecule has 0 nitrogen and oxygen atoms in total. The molecule has 0 spiro atoms. The van der Waals surface area contributed by atoms with E-state index in [1.165, 1.54) is 5.56 Å². The van der Waals surface area contributed by atoms with Crippen molar-refractivity contribution in [1.82, 2.24) is 0 Å². The topological polar surface area (TPSA) is 0 Å². The molecule has 1 aliphatic heterocycles. The van der Waals surface area contributed by atoms with Crippen LogP contribution in [0.1, 0.15) is 5.56 Å². The van der Waals surface area contributed by atoms with Gasteiger partial charge in [0.2, 0.25) is 0 Å². The van der Waals surface area contributed by atoms with Crippen molar-refractivity contribution < 1.29 is 0 Å². The Labute approximate surface area is 64.9 Å². The number of benzene rings is 1. The first kappa shape index (κ1) is 5.47. The maximum atomic E-state index is 2.33. The zero-order valence-electron chi connectivity index (χ0n) is 4.87. The van der Waals surface area contributed by atoms with Crippen LogP contribution in [-0.4, -0.2) is 0 Å². The van der Waals surface area contributed by atoms with Gasteiger partial charge in [-0.25, -0.2) is 0 Å². The number of fused-ring (bicyclic) bond motifs is 1. The van der Waals surface area contributed by atoms with E-state index in [0.29, 0.717) is 0 Å². The van der Waals surface area contributed by atoms with Crippen LogP contribution in [0.3, 0.4) is 0 Å². The predicted octanol–water partition coefficient (Wildman–Crippen LogP) is 2.54. The molecule has 0 amide bonds. The summed E-state index contributed by atoms with van der Waals surface area (Å²) in [5, 5.41) is 0. The third-order valence-electron chi connectivity index (χ3n) is 1.36. The zero-order chi connectivity index (χ0) is 6.10. The molecule has 0 aromatic heterocycles. The molecule has 0 atom stereocenters. The van der Waals surface area contributed by atoms with Gasteiger partial charge in [0.15, 0.2) is 0 Å². The van der Waals surface area contributed by atoms with E-state index in [2.05, 4.69) is 34.4 Å². The van der Waals surface area contributed by atoms with E-state index in [9.17, 15) is 0 Å². The van der Waals surface area contributed by atoms with Gasteiger partial charge in [-0.05, 0) is 0 Å². The molecule has 0 fully saturated rings. The summed E-state index contributed by atoms with van der Waals surface area (Å²) in [7, 11) is 0. The summed E-state index contributed by atoms with van der Waals surface area (Å²) < 4.78 is 3.92. The van der Waals surface area contributed by atoms with Crippen molar-refractivity contribution in [2.45, 2.75) is 0 Å². The standard InChI is InChI=1S/C8H7I/c1-2-4-8-7(3-1)5-6-9-8/h1-6,9H. The minimum atomic E-state index is 0.0821. The van der Waals surface area contributed by atoms with Crippen LogP contribution in [0.4, 0.5) is 0 Å². The summed E-state index contributed by atoms with van der Waals surface area (Å²) in [5.74, 6) is 0. The molecular weight excluding hydrogens is 223 g/mol. The van der Waals surface area contributed by atoms with Crippen molar-refractivity contribution in [3.8, 4) is 0 Å². The van der Waals surface area contributed by atoms with Crippen molar-refractivity contribution in [2.24, 2.45) is 0 Å². The summed E-state index contributed by atoms with van der Waals surface area (Å²) in [6.07, 6.45) is 2.23. The second-order valence-electron chi connectivity index (χ2n) is 1.96. The quantitative estimate of drug-likeness (QED) is 0.601. The number of rotatable bonds is 0. The third kappa shape index (κ3) is 0.894. The van der Waals surface area contributed by atoms with Crippen molar-refractivity contribution in [2.75, 3.05) is 0 Å². The first-order valence-corrected chi connectivity index (χ1v) is 5.40. The van der Waals surface area contributed by atoms with Gasteiger partial charge in [-0.15, -0.1) is 0 Å². The molecule has 2 rings (SSSR count). The molecule has 1 heteroatoms. The van der Waals surface area contributed by atoms with E-state index in [1.807, 2.05) is 0 Å². The van der Waals surface area contributed by atoms with Gasteiger partial charge in [0, 0.05) is 0 Å². The first-order chi connectivity index (χ1) is 4.47. The van der Waals surface area contributed by atoms with E-state index in [-0.39, 0.29) is 21.2 Å². The molecule has 0 saturated heterocycles. The van der Waals surface area contributed by atoms with E-state index in [4.69, 9.17) is 0 Å². The average molecular weight is 230 g/mol. The van der Waals surface area contributed by atoms with Crippen molar-refractivity contribution >= 4 is 27.3 Å². The van der Waals surface area contributed by atoms with Gasteiger partial charge in [-0.1, -0.05) is 0 Å². The van der Waals surface area contributed by atoms with E-state index >= 15 is 0 Å². The first-order valence-electron chi connectivity index (χ1n) is 2.89. The van der Waals surface area contributed by atoms with Gasteiger partial charge in [0.1, 0.15) is 0 Å². The van der Waals surface area contributed by atoms with Crippen molar-refractivity contribution in [3.05, 3.63) is 37.5 Å². The normalized spacial score (nSPS) is 14.7. The molecule has 1 heterocycles. The fraction of sp³-hybridized carbons (Fsp3) is 0. The Morgan fingerprint density at radius 1 is 1.11 bits per heavy atom. The molecular formula is C8H7I. The summed E-state index contributed by atoms with van der Waals surface area (Å²) in [4.78, 5) is 0. The van der Waals surface area contributed by atoms with Crippen LogP contribution >= 0.6 is 21.2 Å². The minimum absolute atomic E-state index is 0.0821. The van der Waals surface area contributed by atoms with Crippen LogP contribution in [0.5, 0.6) is 0 Å². The fourth-order valence-corrected chi connectivity index (χ4v) is 3.16. The predicted molar refractivity (Wildman–Crippen MR) is 49.6 cm³/mol. The molecule has 0 N–H and O–H groups in total. The van der Waals surface area contributed by atoms with Crippen LogP contribution in [0.15, 0.2) is 28.3 Å². The molecule has 0 radical (unpaired) electrons. The third-order valence-corrected chi connectivity index (χ3v) is 3.92. The Morgan fingerprint density at radius 3 is 2.89 bits per heavy atom. The van der Waals surface area contributed by atoms with Crippen molar-refractivity contribution in [3.63, 3.8) is 0 Å². The van der Waals surface area contributed by atoms with Crippen LogP contribution in [0, 0.1) is 3.57 Å². The Hall–Kier alpha value is -0.310. The number of hydrogen-bond acceptors (Lipinski definition) is 0. The SMILES string of the molecule is C1=Cc2ccccc2[IH]1. The number of hydrogen-bond donors (Lipinski definition) is 0. The van der Waals surface area contributed by atoms with Gasteiger partial charge in [0.05, 0.1) is 0 Å². The maximum absolute atomic E-state index is 2.33. The molecule has 46 valence electrons. The van der Waals surface area contributed by atoms with Crippen LogP contribution in [0.25, 0.3) is 6.08 Å². The molecule has 9 heavy (non-hydrogen) atoms. The van der Waals surface area contributed by atoms with Crippen LogP contribution in [0.2, 0.25) is 0 Å². The Bertz CT molecular complexity index is 250. The monoisotopic (exact) mass is 230 g/mol. The Balaban J connectivity index is 2.63. The van der Waals surface area contributed by atoms with Crippen LogP contribution < -0.4 is 0 Å². The molecule has 0 unspecified atom stereocenters. The second kappa shape index (κ2) is 2.14. The summed E-state index contributed by atoms with van der Waals surface area (Å²) in [6, 6.07) is 8.64. The van der Waals surface area contributed by atoms with Gasteiger partial charge >= 0.3 is 64.8 Å².